The number of amides is 2. The van der Waals surface area contributed by atoms with Gasteiger partial charge in [-0.25, -0.2) is 4.39 Å². The number of rotatable bonds is 8. The molecule has 4 rings (SSSR count). The van der Waals surface area contributed by atoms with Gasteiger partial charge < -0.3 is 25.5 Å². The molecule has 180 valence electrons. The van der Waals surface area contributed by atoms with Crippen LogP contribution in [0.15, 0.2) is 42.5 Å². The van der Waals surface area contributed by atoms with Crippen LogP contribution in [0.25, 0.3) is 11.6 Å². The van der Waals surface area contributed by atoms with Gasteiger partial charge in [0.2, 0.25) is 0 Å². The van der Waals surface area contributed by atoms with Crippen LogP contribution in [0.1, 0.15) is 43.2 Å². The summed E-state index contributed by atoms with van der Waals surface area (Å²) >= 11 is 0. The minimum Gasteiger partial charge on any atom is -0.492 e. The number of hydrogen-bond donors (Lipinski definition) is 4. The summed E-state index contributed by atoms with van der Waals surface area (Å²) in [5.74, 6) is -0.920. The number of ketones is 1. The molecule has 3 aromatic rings. The number of aromatic nitrogens is 1. The van der Waals surface area contributed by atoms with Gasteiger partial charge in [-0.15, -0.1) is 0 Å². The third kappa shape index (κ3) is 4.99. The SMILES string of the molecule is Cc1[nH]c(/C=C2\C(=O)Nc3ccc(F)cc32)c(C)c1C(=O)NCCOc1ccc(C(=O)CO)cc1. The molecule has 0 radical (unpaired) electrons. The molecule has 0 fully saturated rings. The molecule has 0 unspecified atom stereocenters. The molecule has 2 heterocycles. The number of hydrogen-bond acceptors (Lipinski definition) is 5. The van der Waals surface area contributed by atoms with Gasteiger partial charge in [0.05, 0.1) is 17.7 Å². The molecule has 1 aliphatic heterocycles. The molecule has 8 nitrogen and oxygen atoms in total. The van der Waals surface area contributed by atoms with Crippen molar-refractivity contribution in [3.63, 3.8) is 0 Å². The van der Waals surface area contributed by atoms with Crippen LogP contribution in [0.3, 0.4) is 0 Å². The molecule has 2 amide bonds. The highest BCUT2D eigenvalue weighted by atomic mass is 19.1. The largest absolute Gasteiger partial charge is 0.492 e. The van der Waals surface area contributed by atoms with Crippen molar-refractivity contribution in [1.29, 1.82) is 0 Å². The minimum absolute atomic E-state index is 0.209. The number of aliphatic hydroxyl groups excluding tert-OH is 1. The van der Waals surface area contributed by atoms with E-state index in [1.807, 2.05) is 0 Å². The fraction of sp³-hybridized carbons (Fsp3) is 0.192. The van der Waals surface area contributed by atoms with Crippen LogP contribution in [0.2, 0.25) is 0 Å². The second-order valence-corrected chi connectivity index (χ2v) is 8.08. The first-order valence-electron chi connectivity index (χ1n) is 11.0. The normalized spacial score (nSPS) is 13.5. The van der Waals surface area contributed by atoms with Crippen molar-refractivity contribution in [2.45, 2.75) is 13.8 Å². The number of Topliss-reactive ketones (excluding diaryl/α,β-unsaturated/α-hetero) is 1. The Balaban J connectivity index is 1.41. The fourth-order valence-electron chi connectivity index (χ4n) is 3.96. The molecule has 0 atom stereocenters. The second-order valence-electron chi connectivity index (χ2n) is 8.08. The van der Waals surface area contributed by atoms with E-state index in [4.69, 9.17) is 9.84 Å². The van der Waals surface area contributed by atoms with Gasteiger partial charge >= 0.3 is 0 Å². The number of H-pyrrole nitrogens is 1. The van der Waals surface area contributed by atoms with E-state index in [0.29, 0.717) is 50.7 Å². The van der Waals surface area contributed by atoms with Gasteiger partial charge in [0, 0.05) is 28.2 Å². The van der Waals surface area contributed by atoms with Crippen molar-refractivity contribution in [1.82, 2.24) is 10.3 Å². The van der Waals surface area contributed by atoms with Gasteiger partial charge in [-0.3, -0.25) is 14.4 Å². The Morgan fingerprint density at radius 3 is 2.60 bits per heavy atom. The Morgan fingerprint density at radius 1 is 1.14 bits per heavy atom. The average Bonchev–Trinajstić information content (AvgIpc) is 3.30. The molecule has 35 heavy (non-hydrogen) atoms. The maximum atomic E-state index is 13.7. The van der Waals surface area contributed by atoms with E-state index in [-0.39, 0.29) is 30.7 Å². The Bertz CT molecular complexity index is 1340. The predicted octanol–water partition coefficient (Wildman–Crippen LogP) is 3.25. The Hall–Kier alpha value is -4.24. The zero-order valence-electron chi connectivity index (χ0n) is 19.2. The van der Waals surface area contributed by atoms with Crippen molar-refractivity contribution < 1.29 is 28.6 Å². The van der Waals surface area contributed by atoms with Gasteiger partial charge in [0.25, 0.3) is 11.8 Å². The molecule has 0 spiro atoms. The smallest absolute Gasteiger partial charge is 0.256 e. The first-order valence-corrected chi connectivity index (χ1v) is 11.0. The van der Waals surface area contributed by atoms with Crippen molar-refractivity contribution in [2.75, 3.05) is 25.1 Å². The highest BCUT2D eigenvalue weighted by Crippen LogP contribution is 2.34. The number of aryl methyl sites for hydroxylation is 1. The highest BCUT2D eigenvalue weighted by Gasteiger charge is 2.26. The molecular formula is C26H24FN3O5. The van der Waals surface area contributed by atoms with E-state index in [0.717, 1.165) is 0 Å². The third-order valence-corrected chi connectivity index (χ3v) is 5.73. The first-order chi connectivity index (χ1) is 16.8. The van der Waals surface area contributed by atoms with Crippen LogP contribution in [0, 0.1) is 19.7 Å². The van der Waals surface area contributed by atoms with E-state index < -0.39 is 12.4 Å². The van der Waals surface area contributed by atoms with E-state index in [1.165, 1.54) is 18.2 Å². The maximum Gasteiger partial charge on any atom is 0.256 e. The number of fused-ring (bicyclic) bond motifs is 1. The zero-order chi connectivity index (χ0) is 25.1. The van der Waals surface area contributed by atoms with Gasteiger partial charge in [0.15, 0.2) is 5.78 Å². The summed E-state index contributed by atoms with van der Waals surface area (Å²) in [5.41, 5.74) is 4.06. The third-order valence-electron chi connectivity index (χ3n) is 5.73. The lowest BCUT2D eigenvalue weighted by Gasteiger charge is -2.09. The molecule has 4 N–H and O–H groups in total. The molecular weight excluding hydrogens is 453 g/mol. The van der Waals surface area contributed by atoms with E-state index in [2.05, 4.69) is 15.6 Å². The molecule has 0 saturated carbocycles. The summed E-state index contributed by atoms with van der Waals surface area (Å²) in [4.78, 5) is 39.8. The number of carbonyl (C=O) groups excluding carboxylic acids is 3. The topological polar surface area (TPSA) is 121 Å². The molecule has 1 aliphatic rings. The lowest BCUT2D eigenvalue weighted by Crippen LogP contribution is -2.28. The minimum atomic E-state index is -0.553. The monoisotopic (exact) mass is 477 g/mol. The summed E-state index contributed by atoms with van der Waals surface area (Å²) in [5, 5.41) is 14.4. The van der Waals surface area contributed by atoms with Gasteiger partial charge in [-0.1, -0.05) is 0 Å². The van der Waals surface area contributed by atoms with Gasteiger partial charge in [0.1, 0.15) is 24.8 Å². The fourth-order valence-corrected chi connectivity index (χ4v) is 3.96. The lowest BCUT2D eigenvalue weighted by molar-refractivity contribution is -0.110. The number of carbonyl (C=O) groups is 3. The van der Waals surface area contributed by atoms with Crippen molar-refractivity contribution in [2.24, 2.45) is 0 Å². The second kappa shape index (κ2) is 9.94. The number of nitrogens with one attached hydrogen (secondary N) is 3. The van der Waals surface area contributed by atoms with Crippen molar-refractivity contribution in [3.8, 4) is 5.75 Å². The van der Waals surface area contributed by atoms with Crippen LogP contribution < -0.4 is 15.4 Å². The zero-order valence-corrected chi connectivity index (χ0v) is 19.2. The standard InChI is InChI=1S/C26H24FN3O5/c1-14-22(12-20-19-11-17(27)5-8-21(19)30-25(20)33)29-15(2)24(14)26(34)28-9-10-35-18-6-3-16(4-7-18)23(32)13-31/h3-8,11-12,29,31H,9-10,13H2,1-2H3,(H,28,34)(H,30,33)/b20-12-. The summed E-state index contributed by atoms with van der Waals surface area (Å²) in [7, 11) is 0. The number of ether oxygens (including phenoxy) is 1. The number of halogens is 1. The molecule has 0 aliphatic carbocycles. The number of aliphatic hydroxyl groups is 1. The molecule has 1 aromatic heterocycles. The van der Waals surface area contributed by atoms with E-state index in [9.17, 15) is 18.8 Å². The van der Waals surface area contributed by atoms with Crippen LogP contribution in [0.4, 0.5) is 10.1 Å². The number of anilines is 1. The van der Waals surface area contributed by atoms with Crippen molar-refractivity contribution >= 4 is 34.9 Å². The Labute approximate surface area is 200 Å². The molecule has 0 bridgehead atoms. The first kappa shape index (κ1) is 23.9. The van der Waals surface area contributed by atoms with Crippen LogP contribution in [-0.4, -0.2) is 47.4 Å². The maximum absolute atomic E-state index is 13.7. The number of benzene rings is 2. The van der Waals surface area contributed by atoms with E-state index >= 15 is 0 Å². The predicted molar refractivity (Wildman–Crippen MR) is 129 cm³/mol. The van der Waals surface area contributed by atoms with E-state index in [1.54, 1.807) is 44.2 Å². The van der Waals surface area contributed by atoms with Crippen molar-refractivity contribution in [3.05, 3.63) is 81.9 Å². The average molecular weight is 477 g/mol. The lowest BCUT2D eigenvalue weighted by atomic mass is 10.0. The molecule has 2 aromatic carbocycles. The molecule has 0 saturated heterocycles. The summed E-state index contributed by atoms with van der Waals surface area (Å²) in [6, 6.07) is 10.5. The Kier molecular flexibility index (Phi) is 6.79. The van der Waals surface area contributed by atoms with Gasteiger partial charge in [-0.2, -0.15) is 0 Å². The highest BCUT2D eigenvalue weighted by molar-refractivity contribution is 6.34. The summed E-state index contributed by atoms with van der Waals surface area (Å²) in [6.07, 6.45) is 1.62. The number of aromatic amines is 1. The quantitative estimate of drug-likeness (QED) is 0.226. The summed E-state index contributed by atoms with van der Waals surface area (Å²) in [6.45, 7) is 3.43. The van der Waals surface area contributed by atoms with Crippen LogP contribution in [-0.2, 0) is 4.79 Å². The van der Waals surface area contributed by atoms with Crippen LogP contribution >= 0.6 is 0 Å². The molecule has 9 heteroatoms. The van der Waals surface area contributed by atoms with Gasteiger partial charge in [-0.05, 0) is 68.0 Å². The summed E-state index contributed by atoms with van der Waals surface area (Å²) < 4.78 is 19.3. The van der Waals surface area contributed by atoms with Crippen LogP contribution in [0.5, 0.6) is 5.75 Å². The Morgan fingerprint density at radius 2 is 1.89 bits per heavy atom.